The van der Waals surface area contributed by atoms with Crippen molar-refractivity contribution in [3.8, 4) is 0 Å². The number of rotatable bonds is 10. The molecule has 0 aliphatic rings. The highest BCUT2D eigenvalue weighted by molar-refractivity contribution is 4.80. The van der Waals surface area contributed by atoms with Gasteiger partial charge in [-0.3, -0.25) is 0 Å². The molecule has 17 heavy (non-hydrogen) atoms. The van der Waals surface area contributed by atoms with E-state index in [1.165, 1.54) is 32.1 Å². The van der Waals surface area contributed by atoms with Crippen molar-refractivity contribution in [1.82, 2.24) is 0 Å². The maximum Gasteiger partial charge on any atom is 0.0652 e. The molecule has 0 aromatic carbocycles. The Labute approximate surface area is 109 Å². The summed E-state index contributed by atoms with van der Waals surface area (Å²) in [6.45, 7) is 11.1. The maximum absolute atomic E-state index is 10.7. The minimum Gasteiger partial charge on any atom is -0.390 e. The van der Waals surface area contributed by atoms with Gasteiger partial charge in [0.05, 0.1) is 5.60 Å². The monoisotopic (exact) mass is 242 g/mol. The average Bonchev–Trinajstić information content (AvgIpc) is 2.14. The highest BCUT2D eigenvalue weighted by Gasteiger charge is 2.28. The van der Waals surface area contributed by atoms with Crippen molar-refractivity contribution in [2.24, 2.45) is 11.8 Å². The first-order valence-corrected chi connectivity index (χ1v) is 7.62. The first kappa shape index (κ1) is 17.0. The summed E-state index contributed by atoms with van der Waals surface area (Å²) >= 11 is 0. The van der Waals surface area contributed by atoms with Crippen LogP contribution in [0.3, 0.4) is 0 Å². The molecule has 0 heterocycles. The van der Waals surface area contributed by atoms with Gasteiger partial charge in [-0.2, -0.15) is 0 Å². The molecule has 104 valence electrons. The zero-order valence-electron chi connectivity index (χ0n) is 12.8. The van der Waals surface area contributed by atoms with Crippen LogP contribution >= 0.6 is 0 Å². The van der Waals surface area contributed by atoms with E-state index in [-0.39, 0.29) is 0 Å². The molecule has 0 aromatic rings. The lowest BCUT2D eigenvalue weighted by Crippen LogP contribution is -2.32. The topological polar surface area (TPSA) is 20.2 Å². The smallest absolute Gasteiger partial charge is 0.0652 e. The molecule has 1 N–H and O–H groups in total. The summed E-state index contributed by atoms with van der Waals surface area (Å²) in [6, 6.07) is 0. The summed E-state index contributed by atoms with van der Waals surface area (Å²) < 4.78 is 0. The van der Waals surface area contributed by atoms with Crippen LogP contribution in [-0.2, 0) is 0 Å². The van der Waals surface area contributed by atoms with Crippen LogP contribution < -0.4 is 0 Å². The van der Waals surface area contributed by atoms with E-state index in [1.54, 1.807) is 0 Å². The van der Waals surface area contributed by atoms with Crippen molar-refractivity contribution in [1.29, 1.82) is 0 Å². The van der Waals surface area contributed by atoms with Crippen LogP contribution in [0.4, 0.5) is 0 Å². The lowest BCUT2D eigenvalue weighted by molar-refractivity contribution is -0.00947. The number of unbranched alkanes of at least 4 members (excludes halogenated alkanes) is 4. The van der Waals surface area contributed by atoms with Gasteiger partial charge in [0.1, 0.15) is 0 Å². The van der Waals surface area contributed by atoms with Gasteiger partial charge in [0.15, 0.2) is 0 Å². The van der Waals surface area contributed by atoms with Crippen LogP contribution in [0.15, 0.2) is 0 Å². The Hall–Kier alpha value is -0.0400. The van der Waals surface area contributed by atoms with E-state index in [1.807, 2.05) is 0 Å². The van der Waals surface area contributed by atoms with Gasteiger partial charge >= 0.3 is 0 Å². The molecule has 0 bridgehead atoms. The Morgan fingerprint density at radius 1 is 0.824 bits per heavy atom. The average molecular weight is 242 g/mol. The van der Waals surface area contributed by atoms with Crippen LogP contribution in [0.25, 0.3) is 0 Å². The first-order valence-electron chi connectivity index (χ1n) is 7.62. The normalized spacial score (nSPS) is 12.7. The molecular formula is C16H34O. The summed E-state index contributed by atoms with van der Waals surface area (Å²) in [5.74, 6) is 1.18. The largest absolute Gasteiger partial charge is 0.390 e. The zero-order valence-corrected chi connectivity index (χ0v) is 12.8. The van der Waals surface area contributed by atoms with Gasteiger partial charge in [-0.25, -0.2) is 0 Å². The lowest BCUT2D eigenvalue weighted by Gasteiger charge is -2.31. The summed E-state index contributed by atoms with van der Waals surface area (Å²) in [6.07, 6.45) is 9.35. The van der Waals surface area contributed by atoms with Crippen LogP contribution in [-0.4, -0.2) is 10.7 Å². The standard InChI is InChI=1S/C16H34O/c1-6-7-8-9-10-11-16(17,12-14(2)3)13-15(4)5/h14-15,17H,6-13H2,1-5H3. The van der Waals surface area contributed by atoms with Gasteiger partial charge in [0.2, 0.25) is 0 Å². The molecule has 0 amide bonds. The number of hydrogen-bond donors (Lipinski definition) is 1. The Balaban J connectivity index is 4.00. The molecule has 1 heteroatoms. The zero-order chi connectivity index (χ0) is 13.3. The van der Waals surface area contributed by atoms with Gasteiger partial charge in [-0.1, -0.05) is 66.7 Å². The molecular weight excluding hydrogens is 208 g/mol. The van der Waals surface area contributed by atoms with E-state index in [4.69, 9.17) is 0 Å². The molecule has 0 saturated carbocycles. The minimum atomic E-state index is -0.408. The molecule has 0 fully saturated rings. The summed E-state index contributed by atoms with van der Waals surface area (Å²) in [4.78, 5) is 0. The number of hydrogen-bond acceptors (Lipinski definition) is 1. The van der Waals surface area contributed by atoms with E-state index in [0.717, 1.165) is 19.3 Å². The molecule has 0 rings (SSSR count). The van der Waals surface area contributed by atoms with Gasteiger partial charge in [0, 0.05) is 0 Å². The van der Waals surface area contributed by atoms with Crippen molar-refractivity contribution in [2.75, 3.05) is 0 Å². The van der Waals surface area contributed by atoms with Crippen LogP contribution in [0, 0.1) is 11.8 Å². The van der Waals surface area contributed by atoms with Gasteiger partial charge in [-0.15, -0.1) is 0 Å². The number of aliphatic hydroxyl groups is 1. The predicted octanol–water partition coefficient (Wildman–Crippen LogP) is 5.17. The first-order chi connectivity index (χ1) is 7.89. The molecule has 1 nitrogen and oxygen atoms in total. The van der Waals surface area contributed by atoms with E-state index in [0.29, 0.717) is 11.8 Å². The highest BCUT2D eigenvalue weighted by Crippen LogP contribution is 2.30. The predicted molar refractivity (Wildman–Crippen MR) is 77.2 cm³/mol. The quantitative estimate of drug-likeness (QED) is 0.524. The van der Waals surface area contributed by atoms with Gasteiger partial charge in [-0.05, 0) is 31.1 Å². The summed E-state index contributed by atoms with van der Waals surface area (Å²) in [5, 5.41) is 10.7. The Bertz CT molecular complexity index is 162. The molecule has 0 saturated heterocycles. The van der Waals surface area contributed by atoms with Gasteiger partial charge in [0.25, 0.3) is 0 Å². The van der Waals surface area contributed by atoms with Crippen molar-refractivity contribution in [3.05, 3.63) is 0 Å². The van der Waals surface area contributed by atoms with Crippen molar-refractivity contribution in [3.63, 3.8) is 0 Å². The fourth-order valence-corrected chi connectivity index (χ4v) is 2.86. The molecule has 0 aromatic heterocycles. The molecule has 0 atom stereocenters. The lowest BCUT2D eigenvalue weighted by atomic mass is 9.81. The van der Waals surface area contributed by atoms with E-state index >= 15 is 0 Å². The second-order valence-corrected chi connectivity index (χ2v) is 6.58. The second-order valence-electron chi connectivity index (χ2n) is 6.58. The van der Waals surface area contributed by atoms with Crippen LogP contribution in [0.1, 0.15) is 86.0 Å². The Morgan fingerprint density at radius 3 is 1.71 bits per heavy atom. The van der Waals surface area contributed by atoms with Crippen molar-refractivity contribution < 1.29 is 5.11 Å². The summed E-state index contributed by atoms with van der Waals surface area (Å²) in [5.41, 5.74) is -0.408. The molecule has 0 radical (unpaired) electrons. The second kappa shape index (κ2) is 8.97. The fraction of sp³-hybridized carbons (Fsp3) is 1.00. The fourth-order valence-electron chi connectivity index (χ4n) is 2.86. The molecule has 0 aliphatic carbocycles. The third-order valence-corrected chi connectivity index (χ3v) is 3.32. The van der Waals surface area contributed by atoms with E-state index < -0.39 is 5.60 Å². The van der Waals surface area contributed by atoms with Gasteiger partial charge < -0.3 is 5.11 Å². The summed E-state index contributed by atoms with van der Waals surface area (Å²) in [7, 11) is 0. The minimum absolute atomic E-state index is 0.408. The Kier molecular flexibility index (Phi) is 8.94. The van der Waals surface area contributed by atoms with E-state index in [2.05, 4.69) is 34.6 Å². The third kappa shape index (κ3) is 9.64. The van der Waals surface area contributed by atoms with Crippen molar-refractivity contribution in [2.45, 2.75) is 91.6 Å². The molecule has 0 unspecified atom stereocenters. The maximum atomic E-state index is 10.7. The molecule has 0 aliphatic heterocycles. The third-order valence-electron chi connectivity index (χ3n) is 3.32. The SMILES string of the molecule is CCCCCCCC(O)(CC(C)C)CC(C)C. The van der Waals surface area contributed by atoms with Crippen LogP contribution in [0.2, 0.25) is 0 Å². The molecule has 0 spiro atoms. The van der Waals surface area contributed by atoms with Crippen LogP contribution in [0.5, 0.6) is 0 Å². The Morgan fingerprint density at radius 2 is 1.29 bits per heavy atom. The van der Waals surface area contributed by atoms with E-state index in [9.17, 15) is 5.11 Å². The highest BCUT2D eigenvalue weighted by atomic mass is 16.3. The van der Waals surface area contributed by atoms with Crippen molar-refractivity contribution >= 4 is 0 Å².